The Kier molecular flexibility index (Phi) is 6.03. The lowest BCUT2D eigenvalue weighted by Crippen LogP contribution is -2.60. The monoisotopic (exact) mass is 488 g/mol. The molecule has 0 saturated carbocycles. The van der Waals surface area contributed by atoms with Gasteiger partial charge in [-0.15, -0.1) is 0 Å². The van der Waals surface area contributed by atoms with Crippen molar-refractivity contribution in [1.29, 1.82) is 0 Å². The van der Waals surface area contributed by atoms with Crippen LogP contribution in [0.25, 0.3) is 0 Å². The molecule has 1 fully saturated rings. The number of aromatic nitrogens is 1. The molecule has 1 amide bonds. The Labute approximate surface area is 193 Å². The van der Waals surface area contributed by atoms with Gasteiger partial charge in [-0.1, -0.05) is 40.9 Å². The third-order valence-corrected chi connectivity index (χ3v) is 6.41. The molecule has 2 bridgehead atoms. The topological polar surface area (TPSA) is 79.5 Å². The normalized spacial score (nSPS) is 21.5. The Morgan fingerprint density at radius 2 is 1.97 bits per heavy atom. The quantitative estimate of drug-likeness (QED) is 0.392. The Morgan fingerprint density at radius 3 is 2.67 bits per heavy atom. The predicted octanol–water partition coefficient (Wildman–Crippen LogP) is 2.86. The van der Waals surface area contributed by atoms with Crippen LogP contribution in [-0.4, -0.2) is 43.5 Å². The van der Waals surface area contributed by atoms with Crippen LogP contribution in [0.3, 0.4) is 0 Å². The van der Waals surface area contributed by atoms with E-state index in [2.05, 4.69) is 10.6 Å². The van der Waals surface area contributed by atoms with Crippen LogP contribution in [0.15, 0.2) is 45.8 Å². The van der Waals surface area contributed by atoms with Gasteiger partial charge in [0.25, 0.3) is 11.5 Å². The Hall–Kier alpha value is -1.74. The molecule has 4 heterocycles. The predicted molar refractivity (Wildman–Crippen MR) is 119 cm³/mol. The second kappa shape index (κ2) is 8.42. The molecule has 3 atom stereocenters. The van der Waals surface area contributed by atoms with Gasteiger partial charge in [-0.2, -0.15) is 0 Å². The van der Waals surface area contributed by atoms with E-state index < -0.39 is 15.9 Å². The molecule has 11 heteroatoms. The molecule has 0 aromatic carbocycles. The summed E-state index contributed by atoms with van der Waals surface area (Å²) in [7, 11) is 0. The maximum absolute atomic E-state index is 12.3. The first-order chi connectivity index (χ1) is 14.2. The molecule has 0 aliphatic carbocycles. The highest BCUT2D eigenvalue weighted by atomic mass is 35.6. The number of halogens is 3. The number of thiocarbonyl (C=S) groups is 1. The minimum Gasteiger partial charge on any atom is -0.459 e. The number of pyridine rings is 1. The molecule has 30 heavy (non-hydrogen) atoms. The highest BCUT2D eigenvalue weighted by Crippen LogP contribution is 2.35. The van der Waals surface area contributed by atoms with Crippen molar-refractivity contribution in [2.75, 3.05) is 13.1 Å². The number of nitrogens with zero attached hydrogens (tertiary/aromatic N) is 2. The van der Waals surface area contributed by atoms with Crippen LogP contribution < -0.4 is 16.2 Å². The van der Waals surface area contributed by atoms with Crippen LogP contribution in [0.1, 0.15) is 28.6 Å². The summed E-state index contributed by atoms with van der Waals surface area (Å²) in [4.78, 5) is 26.5. The average molecular weight is 490 g/mol. The lowest BCUT2D eigenvalue weighted by atomic mass is 9.83. The lowest BCUT2D eigenvalue weighted by Gasteiger charge is -2.44. The Balaban J connectivity index is 1.47. The van der Waals surface area contributed by atoms with E-state index in [4.69, 9.17) is 51.4 Å². The largest absolute Gasteiger partial charge is 0.459 e. The molecule has 2 aliphatic heterocycles. The van der Waals surface area contributed by atoms with E-state index in [-0.39, 0.29) is 23.2 Å². The zero-order chi connectivity index (χ0) is 21.5. The summed E-state index contributed by atoms with van der Waals surface area (Å²) in [6.07, 6.45) is 1.31. The van der Waals surface area contributed by atoms with E-state index in [1.54, 1.807) is 18.2 Å². The number of nitrogens with one attached hydrogen (secondary N) is 2. The van der Waals surface area contributed by atoms with Gasteiger partial charge in [-0.3, -0.25) is 9.59 Å². The molecule has 4 rings (SSSR count). The number of carbonyl (C=O) groups excluding carboxylic acids is 1. The maximum Gasteiger partial charge on any atom is 0.288 e. The third-order valence-electron chi connectivity index (χ3n) is 5.38. The molecule has 2 aromatic rings. The summed E-state index contributed by atoms with van der Waals surface area (Å²) >= 11 is 23.8. The first-order valence-electron chi connectivity index (χ1n) is 9.38. The Morgan fingerprint density at radius 1 is 1.17 bits per heavy atom. The van der Waals surface area contributed by atoms with Crippen molar-refractivity contribution in [2.24, 2.45) is 5.92 Å². The summed E-state index contributed by atoms with van der Waals surface area (Å²) in [5.41, 5.74) is 1.03. The minimum atomic E-state index is -1.85. The van der Waals surface area contributed by atoms with Crippen LogP contribution in [0.5, 0.6) is 0 Å². The molecule has 0 radical (unpaired) electrons. The number of fused-ring (bicyclic) bond motifs is 4. The Bertz CT molecular complexity index is 1010. The molecule has 2 aromatic heterocycles. The van der Waals surface area contributed by atoms with Gasteiger partial charge in [0.1, 0.15) is 6.17 Å². The van der Waals surface area contributed by atoms with Gasteiger partial charge in [-0.05, 0) is 42.8 Å². The number of furan rings is 1. The molecule has 2 N–H and O–H groups in total. The number of carbonyl (C=O) groups is 1. The van der Waals surface area contributed by atoms with Crippen LogP contribution in [0.4, 0.5) is 0 Å². The first kappa shape index (κ1) is 21.5. The van der Waals surface area contributed by atoms with E-state index in [1.165, 1.54) is 12.3 Å². The summed E-state index contributed by atoms with van der Waals surface area (Å²) < 4.78 is 5.08. The molecule has 1 saturated heterocycles. The summed E-state index contributed by atoms with van der Waals surface area (Å²) in [6.45, 7) is 1.94. The van der Waals surface area contributed by atoms with E-state index in [9.17, 15) is 9.59 Å². The molecule has 0 unspecified atom stereocenters. The van der Waals surface area contributed by atoms with Gasteiger partial charge >= 0.3 is 0 Å². The number of rotatable bonds is 3. The number of alkyl halides is 3. The second-order valence-electron chi connectivity index (χ2n) is 7.48. The molecular formula is C19H19Cl3N4O3S. The van der Waals surface area contributed by atoms with Crippen molar-refractivity contribution >= 4 is 58.0 Å². The maximum atomic E-state index is 12.3. The smallest absolute Gasteiger partial charge is 0.288 e. The molecule has 7 nitrogen and oxygen atoms in total. The summed E-state index contributed by atoms with van der Waals surface area (Å²) in [6, 6.07) is 8.45. The zero-order valence-electron chi connectivity index (χ0n) is 15.7. The van der Waals surface area contributed by atoms with Gasteiger partial charge in [0.15, 0.2) is 10.9 Å². The fourth-order valence-corrected chi connectivity index (χ4v) is 4.68. The van der Waals surface area contributed by atoms with Crippen molar-refractivity contribution in [3.8, 4) is 0 Å². The van der Waals surface area contributed by atoms with Gasteiger partial charge < -0.3 is 24.5 Å². The fraction of sp³-hybridized carbons (Fsp3) is 0.421. The van der Waals surface area contributed by atoms with Gasteiger partial charge in [0, 0.05) is 37.3 Å². The fourth-order valence-electron chi connectivity index (χ4n) is 4.09. The SMILES string of the molecule is O=C(N[C@H](NC(=S)N1C[C@@H]2C[C@@H](C1)c1cccc(=O)n1C2)C(Cl)(Cl)Cl)c1ccco1. The van der Waals surface area contributed by atoms with Crippen molar-refractivity contribution in [3.63, 3.8) is 0 Å². The van der Waals surface area contributed by atoms with Crippen LogP contribution in [0, 0.1) is 5.92 Å². The number of hydrogen-bond acceptors (Lipinski definition) is 4. The van der Waals surface area contributed by atoms with E-state index in [1.807, 2.05) is 15.5 Å². The standard InChI is InChI=1S/C19H19Cl3N4O3S/c20-19(21,22)17(23-16(28)14-4-2-6-29-14)24-18(30)25-8-11-7-12(10-25)13-3-1-5-15(27)26(13)9-11/h1-6,11-12,17H,7-10H2,(H,23,28)(H,24,30)/t11-,12-,17+/m0/s1. The van der Waals surface area contributed by atoms with Crippen molar-refractivity contribution < 1.29 is 9.21 Å². The van der Waals surface area contributed by atoms with Gasteiger partial charge in [0.2, 0.25) is 3.79 Å². The lowest BCUT2D eigenvalue weighted by molar-refractivity contribution is 0.0904. The van der Waals surface area contributed by atoms with E-state index >= 15 is 0 Å². The summed E-state index contributed by atoms with van der Waals surface area (Å²) in [5, 5.41) is 5.94. The molecule has 2 aliphatic rings. The highest BCUT2D eigenvalue weighted by molar-refractivity contribution is 7.80. The minimum absolute atomic E-state index is 0.0215. The van der Waals surface area contributed by atoms with Crippen LogP contribution in [-0.2, 0) is 6.54 Å². The second-order valence-corrected chi connectivity index (χ2v) is 10.2. The van der Waals surface area contributed by atoms with Crippen molar-refractivity contribution in [3.05, 3.63) is 58.4 Å². The van der Waals surface area contributed by atoms with Crippen LogP contribution >= 0.6 is 47.0 Å². The number of piperidine rings is 1. The van der Waals surface area contributed by atoms with Gasteiger partial charge in [-0.25, -0.2) is 0 Å². The van der Waals surface area contributed by atoms with Crippen molar-refractivity contribution in [2.45, 2.75) is 28.8 Å². The molecule has 0 spiro atoms. The first-order valence-corrected chi connectivity index (χ1v) is 10.9. The number of likely N-dealkylation sites (tertiary alicyclic amines) is 1. The number of hydrogen-bond donors (Lipinski definition) is 2. The zero-order valence-corrected chi connectivity index (χ0v) is 18.8. The van der Waals surface area contributed by atoms with Gasteiger partial charge in [0.05, 0.1) is 6.26 Å². The highest BCUT2D eigenvalue weighted by Gasteiger charge is 2.39. The van der Waals surface area contributed by atoms with Crippen LogP contribution in [0.2, 0.25) is 0 Å². The summed E-state index contributed by atoms with van der Waals surface area (Å²) in [5.74, 6) is 0.0158. The van der Waals surface area contributed by atoms with Crippen molar-refractivity contribution in [1.82, 2.24) is 20.1 Å². The average Bonchev–Trinajstić information content (AvgIpc) is 3.22. The molecular weight excluding hydrogens is 471 g/mol. The van der Waals surface area contributed by atoms with E-state index in [0.717, 1.165) is 12.1 Å². The molecule has 160 valence electrons. The third kappa shape index (κ3) is 4.46. The number of amides is 1. The van der Waals surface area contributed by atoms with E-state index in [0.29, 0.717) is 24.7 Å².